The van der Waals surface area contributed by atoms with Crippen LogP contribution in [0.15, 0.2) is 19.2 Å². The first-order valence-corrected chi connectivity index (χ1v) is 6.09. The number of imidazole rings is 1. The second-order valence-electron chi connectivity index (χ2n) is 4.52. The van der Waals surface area contributed by atoms with Gasteiger partial charge in [-0.05, 0) is 6.08 Å². The van der Waals surface area contributed by atoms with Crippen LogP contribution in [0, 0.1) is 0 Å². The van der Waals surface area contributed by atoms with E-state index in [1.165, 1.54) is 17.2 Å². The highest BCUT2D eigenvalue weighted by molar-refractivity contribution is 5.79. The van der Waals surface area contributed by atoms with Crippen LogP contribution in [0.2, 0.25) is 0 Å². The third-order valence-electron chi connectivity index (χ3n) is 3.37. The predicted molar refractivity (Wildman–Crippen MR) is 68.4 cm³/mol. The van der Waals surface area contributed by atoms with Gasteiger partial charge in [0.15, 0.2) is 11.9 Å². The summed E-state index contributed by atoms with van der Waals surface area (Å²) < 4.78 is 6.96. The minimum atomic E-state index is -1.17. The van der Waals surface area contributed by atoms with Crippen LogP contribution in [-0.2, 0) is 4.74 Å². The number of hydrogen-bond acceptors (Lipinski definition) is 7. The van der Waals surface area contributed by atoms with Crippen LogP contribution in [0.3, 0.4) is 0 Å². The molecule has 20 heavy (non-hydrogen) atoms. The lowest BCUT2D eigenvalue weighted by Crippen LogP contribution is -2.33. The Bertz CT molecular complexity index is 643. The van der Waals surface area contributed by atoms with Gasteiger partial charge in [0.05, 0.1) is 18.6 Å². The predicted octanol–water partition coefficient (Wildman–Crippen LogP) is -0.919. The molecule has 3 heterocycles. The summed E-state index contributed by atoms with van der Waals surface area (Å²) in [4.78, 5) is 12.3. The second-order valence-corrected chi connectivity index (χ2v) is 4.52. The Balaban J connectivity index is 2.05. The molecule has 0 unspecified atom stereocenters. The van der Waals surface area contributed by atoms with Crippen molar-refractivity contribution < 1.29 is 20.1 Å². The van der Waals surface area contributed by atoms with Gasteiger partial charge in [0.2, 0.25) is 0 Å². The molecule has 1 fully saturated rings. The van der Waals surface area contributed by atoms with E-state index in [-0.39, 0.29) is 6.61 Å². The number of fused-ring (bicyclic) bond motifs is 1. The zero-order valence-corrected chi connectivity index (χ0v) is 10.5. The molecular formula is C12H14N4O4. The van der Waals surface area contributed by atoms with E-state index >= 15 is 0 Å². The summed E-state index contributed by atoms with van der Waals surface area (Å²) >= 11 is 0. The summed E-state index contributed by atoms with van der Waals surface area (Å²) in [6.45, 7) is 3.27. The van der Waals surface area contributed by atoms with Crippen molar-refractivity contribution in [1.82, 2.24) is 19.5 Å². The molecule has 3 N–H and O–H groups in total. The van der Waals surface area contributed by atoms with Gasteiger partial charge in [0.25, 0.3) is 0 Å². The number of rotatable bonds is 3. The van der Waals surface area contributed by atoms with Gasteiger partial charge in [0, 0.05) is 0 Å². The van der Waals surface area contributed by atoms with Crippen molar-refractivity contribution in [3.8, 4) is 0 Å². The molecule has 0 amide bonds. The fraction of sp³-hybridized carbons (Fsp3) is 0.417. The Hall–Kier alpha value is -1.87. The minimum Gasteiger partial charge on any atom is -0.394 e. The summed E-state index contributed by atoms with van der Waals surface area (Å²) in [7, 11) is 0. The summed E-state index contributed by atoms with van der Waals surface area (Å²) in [5.41, 5.74) is 1.56. The number of aliphatic hydroxyl groups is 3. The Morgan fingerprint density at radius 1 is 1.30 bits per heavy atom. The van der Waals surface area contributed by atoms with Gasteiger partial charge < -0.3 is 20.1 Å². The molecule has 1 saturated heterocycles. The van der Waals surface area contributed by atoms with Gasteiger partial charge in [-0.15, -0.1) is 0 Å². The first-order chi connectivity index (χ1) is 9.67. The van der Waals surface area contributed by atoms with E-state index in [0.29, 0.717) is 16.9 Å². The fourth-order valence-electron chi connectivity index (χ4n) is 2.32. The minimum absolute atomic E-state index is 0.381. The maximum absolute atomic E-state index is 10.0. The van der Waals surface area contributed by atoms with Crippen molar-refractivity contribution in [2.75, 3.05) is 6.61 Å². The van der Waals surface area contributed by atoms with Crippen molar-refractivity contribution in [2.45, 2.75) is 24.5 Å². The van der Waals surface area contributed by atoms with E-state index in [1.807, 2.05) is 0 Å². The number of aromatic nitrogens is 4. The smallest absolute Gasteiger partial charge is 0.166 e. The highest BCUT2D eigenvalue weighted by Gasteiger charge is 2.43. The number of ether oxygens (including phenoxy) is 1. The normalized spacial score (nSPS) is 29.9. The molecule has 2 aromatic rings. The van der Waals surface area contributed by atoms with Gasteiger partial charge in [-0.3, -0.25) is 4.57 Å². The van der Waals surface area contributed by atoms with Crippen LogP contribution in [0.5, 0.6) is 0 Å². The average molecular weight is 278 g/mol. The Morgan fingerprint density at radius 2 is 2.10 bits per heavy atom. The van der Waals surface area contributed by atoms with Gasteiger partial charge >= 0.3 is 0 Å². The summed E-state index contributed by atoms with van der Waals surface area (Å²) in [6, 6.07) is 0. The van der Waals surface area contributed by atoms with Crippen LogP contribution in [0.4, 0.5) is 0 Å². The molecule has 0 radical (unpaired) electrons. The van der Waals surface area contributed by atoms with Gasteiger partial charge in [-0.1, -0.05) is 6.58 Å². The summed E-state index contributed by atoms with van der Waals surface area (Å²) in [5, 5.41) is 28.9. The van der Waals surface area contributed by atoms with Crippen molar-refractivity contribution in [3.63, 3.8) is 0 Å². The SMILES string of the molecule is C=Cc1ncnc2c1ncn2[C@@H]1O[C@H](CO)[C@@H](O)[C@H]1O. The first kappa shape index (κ1) is 13.1. The quantitative estimate of drug-likeness (QED) is 0.665. The van der Waals surface area contributed by atoms with Crippen LogP contribution in [-0.4, -0.2) is 59.8 Å². The van der Waals surface area contributed by atoms with Crippen molar-refractivity contribution in [3.05, 3.63) is 24.9 Å². The third-order valence-corrected chi connectivity index (χ3v) is 3.37. The molecule has 4 atom stereocenters. The molecule has 0 bridgehead atoms. The molecule has 2 aromatic heterocycles. The second kappa shape index (κ2) is 4.91. The Kier molecular flexibility index (Phi) is 3.22. The molecule has 106 valence electrons. The first-order valence-electron chi connectivity index (χ1n) is 6.09. The molecule has 3 rings (SSSR count). The lowest BCUT2D eigenvalue weighted by molar-refractivity contribution is -0.0511. The van der Waals surface area contributed by atoms with Crippen molar-refractivity contribution in [1.29, 1.82) is 0 Å². The van der Waals surface area contributed by atoms with Crippen molar-refractivity contribution >= 4 is 17.2 Å². The number of aliphatic hydroxyl groups excluding tert-OH is 3. The van der Waals surface area contributed by atoms with Gasteiger partial charge in [-0.2, -0.15) is 0 Å². The molecule has 8 nitrogen and oxygen atoms in total. The molecular weight excluding hydrogens is 264 g/mol. The molecule has 0 spiro atoms. The van der Waals surface area contributed by atoms with Crippen LogP contribution in [0.25, 0.3) is 17.2 Å². The zero-order chi connectivity index (χ0) is 14.3. The maximum Gasteiger partial charge on any atom is 0.166 e. The zero-order valence-electron chi connectivity index (χ0n) is 10.5. The highest BCUT2D eigenvalue weighted by Crippen LogP contribution is 2.31. The monoisotopic (exact) mass is 278 g/mol. The van der Waals surface area contributed by atoms with Crippen LogP contribution in [0.1, 0.15) is 11.9 Å². The maximum atomic E-state index is 10.0. The third kappa shape index (κ3) is 1.81. The summed E-state index contributed by atoms with van der Waals surface area (Å²) in [5.74, 6) is 0. The van der Waals surface area contributed by atoms with E-state index in [4.69, 9.17) is 9.84 Å². The van der Waals surface area contributed by atoms with E-state index in [0.717, 1.165) is 0 Å². The largest absolute Gasteiger partial charge is 0.394 e. The summed E-state index contributed by atoms with van der Waals surface area (Å²) in [6.07, 6.45) is 0.326. The lowest BCUT2D eigenvalue weighted by atomic mass is 10.1. The van der Waals surface area contributed by atoms with E-state index < -0.39 is 24.5 Å². The molecule has 1 aliphatic rings. The van der Waals surface area contributed by atoms with Crippen LogP contribution >= 0.6 is 0 Å². The fourth-order valence-corrected chi connectivity index (χ4v) is 2.32. The standard InChI is InChI=1S/C12H14N4O4/c1-2-6-8-11(14-4-13-6)16(5-15-8)12-10(19)9(18)7(3-17)20-12/h2,4-5,7,9-10,12,17-19H,1,3H2/t7-,9-,10-,12-/m1/s1. The highest BCUT2D eigenvalue weighted by atomic mass is 16.6. The lowest BCUT2D eigenvalue weighted by Gasteiger charge is -2.16. The molecule has 0 saturated carbocycles. The number of hydrogen-bond donors (Lipinski definition) is 3. The average Bonchev–Trinajstić information content (AvgIpc) is 3.01. The molecule has 0 aromatic carbocycles. The van der Waals surface area contributed by atoms with E-state index in [1.54, 1.807) is 6.08 Å². The van der Waals surface area contributed by atoms with Gasteiger partial charge in [-0.25, -0.2) is 15.0 Å². The topological polar surface area (TPSA) is 114 Å². The van der Waals surface area contributed by atoms with Crippen LogP contribution < -0.4 is 0 Å². The Labute approximate surface area is 114 Å². The molecule has 0 aliphatic carbocycles. The molecule has 8 heteroatoms. The number of nitrogens with zero attached hydrogens (tertiary/aromatic N) is 4. The van der Waals surface area contributed by atoms with E-state index in [2.05, 4.69) is 21.5 Å². The van der Waals surface area contributed by atoms with Gasteiger partial charge in [0.1, 0.15) is 30.2 Å². The Morgan fingerprint density at radius 3 is 2.75 bits per heavy atom. The van der Waals surface area contributed by atoms with E-state index in [9.17, 15) is 10.2 Å². The molecule has 1 aliphatic heterocycles. The van der Waals surface area contributed by atoms with Crippen molar-refractivity contribution in [2.24, 2.45) is 0 Å².